The predicted molar refractivity (Wildman–Crippen MR) is 61.9 cm³/mol. The van der Waals surface area contributed by atoms with Crippen LogP contribution in [0, 0.1) is 5.92 Å². The summed E-state index contributed by atoms with van der Waals surface area (Å²) in [6.07, 6.45) is 2.45. The molecule has 0 aromatic rings. The van der Waals surface area contributed by atoms with Crippen LogP contribution in [0.4, 0.5) is 4.79 Å². The van der Waals surface area contributed by atoms with Crippen LogP contribution in [0.5, 0.6) is 0 Å². The van der Waals surface area contributed by atoms with E-state index in [0.29, 0.717) is 26.0 Å². The number of amides is 1. The van der Waals surface area contributed by atoms with Gasteiger partial charge in [-0.2, -0.15) is 0 Å². The highest BCUT2D eigenvalue weighted by molar-refractivity contribution is 5.73. The molecule has 1 aliphatic carbocycles. The van der Waals surface area contributed by atoms with E-state index in [2.05, 4.69) is 6.58 Å². The van der Waals surface area contributed by atoms with E-state index in [1.165, 1.54) is 11.0 Å². The normalized spacial score (nSPS) is 30.7. The molecule has 1 spiro atoms. The van der Waals surface area contributed by atoms with E-state index in [1.54, 1.807) is 0 Å². The Balaban J connectivity index is 2.01. The van der Waals surface area contributed by atoms with Crippen molar-refractivity contribution in [2.45, 2.75) is 25.0 Å². The Morgan fingerprint density at radius 3 is 2.89 bits per heavy atom. The molecule has 2 rings (SSSR count). The quantitative estimate of drug-likeness (QED) is 0.767. The lowest BCUT2D eigenvalue weighted by Crippen LogP contribution is -2.64. The Labute approximate surface area is 105 Å². The van der Waals surface area contributed by atoms with Crippen molar-refractivity contribution in [2.75, 3.05) is 19.8 Å². The molecule has 0 bridgehead atoms. The van der Waals surface area contributed by atoms with Crippen molar-refractivity contribution in [1.82, 2.24) is 4.90 Å². The molecule has 1 saturated heterocycles. The number of ether oxygens (including phenoxy) is 2. The van der Waals surface area contributed by atoms with E-state index >= 15 is 0 Å². The molecule has 1 saturated carbocycles. The van der Waals surface area contributed by atoms with Gasteiger partial charge in [0.1, 0.15) is 12.3 Å². The average molecular weight is 255 g/mol. The second kappa shape index (κ2) is 4.97. The van der Waals surface area contributed by atoms with Gasteiger partial charge in [0, 0.05) is 19.4 Å². The molecule has 0 aromatic carbocycles. The summed E-state index contributed by atoms with van der Waals surface area (Å²) in [7, 11) is 0. The largest absolute Gasteiger partial charge is 0.481 e. The zero-order chi connectivity index (χ0) is 13.2. The number of hydrogen-bond acceptors (Lipinski definition) is 4. The van der Waals surface area contributed by atoms with Gasteiger partial charge in [0.2, 0.25) is 0 Å². The molecule has 1 N–H and O–H groups in total. The average Bonchev–Trinajstić information content (AvgIpc) is 2.32. The van der Waals surface area contributed by atoms with Crippen LogP contribution in [0.3, 0.4) is 0 Å². The number of aliphatic carboxylic acids is 1. The van der Waals surface area contributed by atoms with Gasteiger partial charge in [0.15, 0.2) is 0 Å². The summed E-state index contributed by atoms with van der Waals surface area (Å²) in [4.78, 5) is 24.2. The molecule has 1 aliphatic heterocycles. The Bertz CT molecular complexity index is 361. The van der Waals surface area contributed by atoms with Crippen LogP contribution in [0.15, 0.2) is 12.7 Å². The van der Waals surface area contributed by atoms with Crippen LogP contribution in [0.1, 0.15) is 19.3 Å². The first kappa shape index (κ1) is 12.9. The zero-order valence-electron chi connectivity index (χ0n) is 10.1. The van der Waals surface area contributed by atoms with Gasteiger partial charge < -0.3 is 14.6 Å². The molecule has 100 valence electrons. The highest BCUT2D eigenvalue weighted by Crippen LogP contribution is 2.45. The third-order valence-electron chi connectivity index (χ3n) is 3.41. The van der Waals surface area contributed by atoms with E-state index < -0.39 is 23.7 Å². The summed E-state index contributed by atoms with van der Waals surface area (Å²) >= 11 is 0. The third kappa shape index (κ3) is 2.20. The lowest BCUT2D eigenvalue weighted by Gasteiger charge is -2.53. The van der Waals surface area contributed by atoms with Gasteiger partial charge >= 0.3 is 12.1 Å². The van der Waals surface area contributed by atoms with Crippen LogP contribution in [0.25, 0.3) is 0 Å². The van der Waals surface area contributed by atoms with E-state index in [4.69, 9.17) is 14.6 Å². The SMILES string of the molecule is C=CCOC(=O)N1CCCOC12CC(C(=O)O)C2. The Kier molecular flexibility index (Phi) is 3.56. The minimum Gasteiger partial charge on any atom is -0.481 e. The van der Waals surface area contributed by atoms with Crippen LogP contribution < -0.4 is 0 Å². The lowest BCUT2D eigenvalue weighted by molar-refractivity contribution is -0.235. The number of carboxylic acids is 1. The molecule has 0 atom stereocenters. The third-order valence-corrected chi connectivity index (χ3v) is 3.41. The maximum atomic E-state index is 11.9. The molecular formula is C12H17NO5. The van der Waals surface area contributed by atoms with E-state index in [-0.39, 0.29) is 6.61 Å². The minimum atomic E-state index is -0.839. The fraction of sp³-hybridized carbons (Fsp3) is 0.667. The molecule has 0 aromatic heterocycles. The predicted octanol–water partition coefficient (Wildman–Crippen LogP) is 1.22. The summed E-state index contributed by atoms with van der Waals surface area (Å²) in [5, 5.41) is 8.91. The first-order chi connectivity index (χ1) is 8.59. The fourth-order valence-electron chi connectivity index (χ4n) is 2.46. The molecule has 2 aliphatic rings. The molecule has 0 unspecified atom stereocenters. The van der Waals surface area contributed by atoms with E-state index in [1.807, 2.05) is 0 Å². The van der Waals surface area contributed by atoms with Crippen molar-refractivity contribution in [2.24, 2.45) is 5.92 Å². The Morgan fingerprint density at radius 1 is 1.56 bits per heavy atom. The van der Waals surface area contributed by atoms with Crippen LogP contribution in [0.2, 0.25) is 0 Å². The number of carboxylic acid groups (broad SMARTS) is 1. The van der Waals surface area contributed by atoms with Crippen molar-refractivity contribution in [3.63, 3.8) is 0 Å². The fourth-order valence-corrected chi connectivity index (χ4v) is 2.46. The topological polar surface area (TPSA) is 76.1 Å². The maximum Gasteiger partial charge on any atom is 0.412 e. The number of carbonyl (C=O) groups excluding carboxylic acids is 1. The second-order valence-corrected chi connectivity index (χ2v) is 4.61. The molecule has 6 heteroatoms. The van der Waals surface area contributed by atoms with Crippen molar-refractivity contribution < 1.29 is 24.2 Å². The minimum absolute atomic E-state index is 0.147. The number of carbonyl (C=O) groups is 2. The number of rotatable bonds is 3. The highest BCUT2D eigenvalue weighted by Gasteiger charge is 2.55. The van der Waals surface area contributed by atoms with Crippen molar-refractivity contribution >= 4 is 12.1 Å². The van der Waals surface area contributed by atoms with Crippen LogP contribution in [-0.2, 0) is 14.3 Å². The smallest absolute Gasteiger partial charge is 0.412 e. The van der Waals surface area contributed by atoms with Crippen molar-refractivity contribution in [3.8, 4) is 0 Å². The zero-order valence-corrected chi connectivity index (χ0v) is 10.1. The van der Waals surface area contributed by atoms with Crippen molar-refractivity contribution in [3.05, 3.63) is 12.7 Å². The standard InChI is InChI=1S/C12H17NO5/c1-2-5-17-11(16)13-4-3-6-18-12(13)7-9(8-12)10(14)15/h2,9H,1,3-8H2,(H,14,15). The number of hydrogen-bond donors (Lipinski definition) is 1. The van der Waals surface area contributed by atoms with Crippen LogP contribution in [-0.4, -0.2) is 47.6 Å². The molecule has 1 heterocycles. The van der Waals surface area contributed by atoms with E-state index in [0.717, 1.165) is 6.42 Å². The first-order valence-corrected chi connectivity index (χ1v) is 6.01. The molecule has 2 fully saturated rings. The summed E-state index contributed by atoms with van der Waals surface area (Å²) in [5.41, 5.74) is -0.764. The van der Waals surface area contributed by atoms with Gasteiger partial charge in [0.25, 0.3) is 0 Å². The van der Waals surface area contributed by atoms with Gasteiger partial charge in [-0.1, -0.05) is 12.7 Å². The summed E-state index contributed by atoms with van der Waals surface area (Å²) in [6.45, 7) is 4.72. The summed E-state index contributed by atoms with van der Waals surface area (Å²) in [6, 6.07) is 0. The molecule has 1 amide bonds. The van der Waals surface area contributed by atoms with E-state index in [9.17, 15) is 9.59 Å². The van der Waals surface area contributed by atoms with Gasteiger partial charge in [-0.15, -0.1) is 0 Å². The Morgan fingerprint density at radius 2 is 2.28 bits per heavy atom. The van der Waals surface area contributed by atoms with Gasteiger partial charge in [-0.25, -0.2) is 4.79 Å². The monoisotopic (exact) mass is 255 g/mol. The molecule has 18 heavy (non-hydrogen) atoms. The summed E-state index contributed by atoms with van der Waals surface area (Å²) < 4.78 is 10.6. The summed E-state index contributed by atoms with van der Waals surface area (Å²) in [5.74, 6) is -1.27. The maximum absolute atomic E-state index is 11.9. The van der Waals surface area contributed by atoms with Crippen molar-refractivity contribution in [1.29, 1.82) is 0 Å². The molecule has 6 nitrogen and oxygen atoms in total. The first-order valence-electron chi connectivity index (χ1n) is 6.01. The van der Waals surface area contributed by atoms with Gasteiger partial charge in [0.05, 0.1) is 12.5 Å². The Hall–Kier alpha value is -1.56. The highest BCUT2D eigenvalue weighted by atomic mass is 16.6. The van der Waals surface area contributed by atoms with Crippen LogP contribution >= 0.6 is 0 Å². The lowest BCUT2D eigenvalue weighted by atomic mass is 9.75. The number of nitrogens with zero attached hydrogens (tertiary/aromatic N) is 1. The van der Waals surface area contributed by atoms with Gasteiger partial charge in [-0.05, 0) is 6.42 Å². The molecule has 0 radical (unpaired) electrons. The second-order valence-electron chi connectivity index (χ2n) is 4.61. The van der Waals surface area contributed by atoms with Gasteiger partial charge in [-0.3, -0.25) is 9.69 Å². The molecular weight excluding hydrogens is 238 g/mol.